The first kappa shape index (κ1) is 14.0. The fraction of sp³-hybridized carbons (Fsp3) is 0.571. The van der Waals surface area contributed by atoms with Crippen LogP contribution in [0.1, 0.15) is 17.5 Å². The van der Waals surface area contributed by atoms with Crippen molar-refractivity contribution in [1.82, 2.24) is 15.2 Å². The Morgan fingerprint density at radius 3 is 2.95 bits per heavy atom. The van der Waals surface area contributed by atoms with Gasteiger partial charge in [-0.2, -0.15) is 0 Å². The molecule has 0 saturated carbocycles. The number of amides is 1. The number of hydrogen-bond donors (Lipinski definition) is 1. The summed E-state index contributed by atoms with van der Waals surface area (Å²) in [7, 11) is 0. The van der Waals surface area contributed by atoms with Crippen molar-refractivity contribution in [3.8, 4) is 0 Å². The highest BCUT2D eigenvalue weighted by atomic mass is 16.5. The molecule has 1 aliphatic rings. The molecule has 0 atom stereocenters. The number of nitrogens with zero attached hydrogens (tertiary/aromatic N) is 2. The highest BCUT2D eigenvalue weighted by Crippen LogP contribution is 2.02. The van der Waals surface area contributed by atoms with Crippen LogP contribution in [0.25, 0.3) is 0 Å². The lowest BCUT2D eigenvalue weighted by atomic mass is 10.2. The zero-order valence-corrected chi connectivity index (χ0v) is 11.4. The third kappa shape index (κ3) is 4.61. The van der Waals surface area contributed by atoms with Gasteiger partial charge in [0.25, 0.3) is 0 Å². The minimum atomic E-state index is 0.207. The molecule has 5 nitrogen and oxygen atoms in total. The van der Waals surface area contributed by atoms with Crippen LogP contribution < -0.4 is 5.32 Å². The van der Waals surface area contributed by atoms with Crippen molar-refractivity contribution in [1.29, 1.82) is 0 Å². The second kappa shape index (κ2) is 7.21. The predicted octanol–water partition coefficient (Wildman–Crippen LogP) is 0.729. The molecule has 0 spiro atoms. The van der Waals surface area contributed by atoms with E-state index in [9.17, 15) is 4.79 Å². The van der Waals surface area contributed by atoms with Gasteiger partial charge in [0.1, 0.15) is 0 Å². The molecular weight excluding hydrogens is 242 g/mol. The Labute approximate surface area is 114 Å². The molecule has 5 heteroatoms. The molecule has 0 aliphatic carbocycles. The Balaban J connectivity index is 1.65. The van der Waals surface area contributed by atoms with Crippen molar-refractivity contribution in [2.24, 2.45) is 0 Å². The van der Waals surface area contributed by atoms with E-state index < -0.39 is 0 Å². The van der Waals surface area contributed by atoms with E-state index in [4.69, 9.17) is 4.74 Å². The fourth-order valence-corrected chi connectivity index (χ4v) is 2.11. The highest BCUT2D eigenvalue weighted by Gasteiger charge is 2.15. The van der Waals surface area contributed by atoms with Gasteiger partial charge < -0.3 is 15.0 Å². The first-order valence-electron chi connectivity index (χ1n) is 6.72. The van der Waals surface area contributed by atoms with Gasteiger partial charge in [0, 0.05) is 45.0 Å². The number of morpholine rings is 1. The zero-order valence-electron chi connectivity index (χ0n) is 11.4. The van der Waals surface area contributed by atoms with Crippen LogP contribution in [0.15, 0.2) is 18.5 Å². The van der Waals surface area contributed by atoms with E-state index in [1.165, 1.54) is 0 Å². The number of aryl methyl sites for hydroxylation is 1. The monoisotopic (exact) mass is 263 g/mol. The van der Waals surface area contributed by atoms with E-state index in [-0.39, 0.29) is 5.91 Å². The topological polar surface area (TPSA) is 54.5 Å². The first-order valence-corrected chi connectivity index (χ1v) is 6.72. The Morgan fingerprint density at radius 1 is 1.42 bits per heavy atom. The zero-order chi connectivity index (χ0) is 13.5. The Morgan fingerprint density at radius 2 is 2.21 bits per heavy atom. The summed E-state index contributed by atoms with van der Waals surface area (Å²) in [6.45, 7) is 6.25. The summed E-state index contributed by atoms with van der Waals surface area (Å²) in [5.41, 5.74) is 2.31. The summed E-state index contributed by atoms with van der Waals surface area (Å²) < 4.78 is 5.23. The maximum absolute atomic E-state index is 11.9. The molecule has 1 aromatic rings. The summed E-state index contributed by atoms with van der Waals surface area (Å²) in [5.74, 6) is 0.207. The Bertz CT molecular complexity index is 417. The van der Waals surface area contributed by atoms with Crippen molar-refractivity contribution < 1.29 is 9.53 Å². The minimum absolute atomic E-state index is 0.207. The number of nitrogens with one attached hydrogen (secondary N) is 1. The Hall–Kier alpha value is -1.46. The fourth-order valence-electron chi connectivity index (χ4n) is 2.11. The summed E-state index contributed by atoms with van der Waals surface area (Å²) in [4.78, 5) is 17.9. The van der Waals surface area contributed by atoms with Crippen LogP contribution in [0.2, 0.25) is 0 Å². The Kier molecular flexibility index (Phi) is 5.30. The molecule has 2 rings (SSSR count). The van der Waals surface area contributed by atoms with Crippen LogP contribution >= 0.6 is 0 Å². The molecular formula is C14H21N3O2. The lowest BCUT2D eigenvalue weighted by Crippen LogP contribution is -2.41. The van der Waals surface area contributed by atoms with Gasteiger partial charge in [-0.1, -0.05) is 6.07 Å². The molecule has 1 aliphatic heterocycles. The van der Waals surface area contributed by atoms with Gasteiger partial charge in [0.05, 0.1) is 13.2 Å². The van der Waals surface area contributed by atoms with Crippen LogP contribution in [0.5, 0.6) is 0 Å². The van der Waals surface area contributed by atoms with E-state index in [0.717, 1.165) is 30.8 Å². The van der Waals surface area contributed by atoms with Gasteiger partial charge >= 0.3 is 0 Å². The molecule has 104 valence electrons. The van der Waals surface area contributed by atoms with Gasteiger partial charge in [0.2, 0.25) is 5.91 Å². The van der Waals surface area contributed by atoms with E-state index in [0.29, 0.717) is 26.2 Å². The van der Waals surface area contributed by atoms with E-state index in [2.05, 4.69) is 16.4 Å². The normalized spacial score (nSPS) is 15.5. The minimum Gasteiger partial charge on any atom is -0.378 e. The molecule has 1 saturated heterocycles. The van der Waals surface area contributed by atoms with Gasteiger partial charge in [0.15, 0.2) is 0 Å². The van der Waals surface area contributed by atoms with E-state index in [1.54, 1.807) is 0 Å². The maximum atomic E-state index is 11.9. The van der Waals surface area contributed by atoms with Crippen LogP contribution in [0, 0.1) is 6.92 Å². The number of hydrogen-bond acceptors (Lipinski definition) is 4. The molecule has 19 heavy (non-hydrogen) atoms. The maximum Gasteiger partial charge on any atom is 0.224 e. The standard InChI is InChI=1S/C14H21N3O2/c1-12-8-13(11-16-9-12)10-15-3-2-14(18)17-4-6-19-7-5-17/h8-9,11,15H,2-7,10H2,1H3. The average Bonchev–Trinajstić information content (AvgIpc) is 2.44. The highest BCUT2D eigenvalue weighted by molar-refractivity contribution is 5.76. The van der Waals surface area contributed by atoms with Crippen molar-refractivity contribution >= 4 is 5.91 Å². The number of rotatable bonds is 5. The molecule has 1 amide bonds. The van der Waals surface area contributed by atoms with Crippen LogP contribution in [0.4, 0.5) is 0 Å². The molecule has 1 N–H and O–H groups in total. The van der Waals surface area contributed by atoms with Crippen LogP contribution in [0.3, 0.4) is 0 Å². The smallest absolute Gasteiger partial charge is 0.224 e. The van der Waals surface area contributed by atoms with Crippen molar-refractivity contribution in [3.05, 3.63) is 29.6 Å². The largest absolute Gasteiger partial charge is 0.378 e. The predicted molar refractivity (Wildman–Crippen MR) is 72.7 cm³/mol. The summed E-state index contributed by atoms with van der Waals surface area (Å²) in [5, 5.41) is 3.28. The van der Waals surface area contributed by atoms with Gasteiger partial charge in [-0.05, 0) is 18.1 Å². The van der Waals surface area contributed by atoms with Gasteiger partial charge in [-0.25, -0.2) is 0 Å². The first-order chi connectivity index (χ1) is 9.25. The SMILES string of the molecule is Cc1cncc(CNCCC(=O)N2CCOCC2)c1. The molecule has 1 fully saturated rings. The number of carbonyl (C=O) groups excluding carboxylic acids is 1. The third-order valence-corrected chi connectivity index (χ3v) is 3.14. The van der Waals surface area contributed by atoms with E-state index in [1.807, 2.05) is 24.2 Å². The van der Waals surface area contributed by atoms with Crippen molar-refractivity contribution in [3.63, 3.8) is 0 Å². The number of pyridine rings is 1. The summed E-state index contributed by atoms with van der Waals surface area (Å²) in [6.07, 6.45) is 4.23. The second-order valence-corrected chi connectivity index (χ2v) is 4.79. The third-order valence-electron chi connectivity index (χ3n) is 3.14. The lowest BCUT2D eigenvalue weighted by molar-refractivity contribution is -0.135. The number of aromatic nitrogens is 1. The van der Waals surface area contributed by atoms with Crippen LogP contribution in [-0.4, -0.2) is 48.6 Å². The van der Waals surface area contributed by atoms with Crippen molar-refractivity contribution in [2.45, 2.75) is 19.9 Å². The van der Waals surface area contributed by atoms with Gasteiger partial charge in [-0.15, -0.1) is 0 Å². The van der Waals surface area contributed by atoms with Crippen LogP contribution in [-0.2, 0) is 16.1 Å². The molecule has 1 aromatic heterocycles. The summed E-state index contributed by atoms with van der Waals surface area (Å²) >= 11 is 0. The average molecular weight is 263 g/mol. The summed E-state index contributed by atoms with van der Waals surface area (Å²) in [6, 6.07) is 2.10. The molecule has 0 radical (unpaired) electrons. The number of ether oxygens (including phenoxy) is 1. The van der Waals surface area contributed by atoms with Gasteiger partial charge in [-0.3, -0.25) is 9.78 Å². The lowest BCUT2D eigenvalue weighted by Gasteiger charge is -2.26. The van der Waals surface area contributed by atoms with E-state index >= 15 is 0 Å². The molecule has 0 bridgehead atoms. The molecule has 2 heterocycles. The quantitative estimate of drug-likeness (QED) is 0.796. The second-order valence-electron chi connectivity index (χ2n) is 4.79. The molecule has 0 aromatic carbocycles. The molecule has 0 unspecified atom stereocenters. The van der Waals surface area contributed by atoms with Crippen molar-refractivity contribution in [2.75, 3.05) is 32.8 Å². The number of carbonyl (C=O) groups is 1.